The zero-order chi connectivity index (χ0) is 11.7. The molecule has 1 aromatic heterocycles. The van der Waals surface area contributed by atoms with Gasteiger partial charge < -0.3 is 0 Å². The molecular formula is C11H8BrFN2O. The van der Waals surface area contributed by atoms with Crippen molar-refractivity contribution in [3.63, 3.8) is 0 Å². The molecule has 0 fully saturated rings. The van der Waals surface area contributed by atoms with Crippen LogP contribution in [0.1, 0.15) is 15.9 Å². The van der Waals surface area contributed by atoms with Crippen LogP contribution < -0.4 is 0 Å². The Labute approximate surface area is 100 Å². The van der Waals surface area contributed by atoms with Gasteiger partial charge in [-0.25, -0.2) is 4.39 Å². The fourth-order valence-corrected chi connectivity index (χ4v) is 1.86. The van der Waals surface area contributed by atoms with Gasteiger partial charge in [0.2, 0.25) is 0 Å². The Morgan fingerprint density at radius 2 is 2.12 bits per heavy atom. The van der Waals surface area contributed by atoms with E-state index < -0.39 is 5.82 Å². The smallest absolute Gasteiger partial charge is 0.196 e. The Bertz CT molecular complexity index is 530. The molecule has 0 amide bonds. The molecule has 0 saturated carbocycles. The van der Waals surface area contributed by atoms with Crippen LogP contribution in [0.2, 0.25) is 0 Å². The number of hydrogen-bond acceptors (Lipinski definition) is 2. The Morgan fingerprint density at radius 3 is 2.69 bits per heavy atom. The Hall–Kier alpha value is -1.49. The Morgan fingerprint density at radius 1 is 1.38 bits per heavy atom. The highest BCUT2D eigenvalue weighted by molar-refractivity contribution is 9.10. The van der Waals surface area contributed by atoms with E-state index in [0.717, 1.165) is 0 Å². The standard InChI is InChI=1S/C11H8BrFN2O/c1-15-6-8(5-14-15)11(16)7-2-9(12)4-10(13)3-7/h2-6H,1H3. The molecule has 2 aromatic rings. The van der Waals surface area contributed by atoms with Gasteiger partial charge >= 0.3 is 0 Å². The molecule has 0 aliphatic carbocycles. The van der Waals surface area contributed by atoms with Crippen molar-refractivity contribution in [2.45, 2.75) is 0 Å². The normalized spacial score (nSPS) is 10.4. The molecule has 5 heteroatoms. The monoisotopic (exact) mass is 282 g/mol. The van der Waals surface area contributed by atoms with Gasteiger partial charge in [0.25, 0.3) is 0 Å². The first-order chi connectivity index (χ1) is 7.56. The lowest BCUT2D eigenvalue weighted by atomic mass is 10.1. The van der Waals surface area contributed by atoms with E-state index in [4.69, 9.17) is 0 Å². The molecule has 16 heavy (non-hydrogen) atoms. The lowest BCUT2D eigenvalue weighted by molar-refractivity contribution is 0.103. The van der Waals surface area contributed by atoms with Gasteiger partial charge in [-0.1, -0.05) is 15.9 Å². The van der Waals surface area contributed by atoms with Crippen LogP contribution in [-0.4, -0.2) is 15.6 Å². The van der Waals surface area contributed by atoms with E-state index in [-0.39, 0.29) is 5.78 Å². The summed E-state index contributed by atoms with van der Waals surface area (Å²) in [6, 6.07) is 4.10. The van der Waals surface area contributed by atoms with E-state index in [1.807, 2.05) is 0 Å². The minimum Gasteiger partial charge on any atom is -0.288 e. The highest BCUT2D eigenvalue weighted by Gasteiger charge is 2.12. The fourth-order valence-electron chi connectivity index (χ4n) is 1.39. The SMILES string of the molecule is Cn1cc(C(=O)c2cc(F)cc(Br)c2)cn1. The Kier molecular flexibility index (Phi) is 2.87. The average Bonchev–Trinajstić information content (AvgIpc) is 2.62. The molecule has 0 atom stereocenters. The van der Waals surface area contributed by atoms with Gasteiger partial charge in [0, 0.05) is 23.3 Å². The lowest BCUT2D eigenvalue weighted by Gasteiger charge is -1.99. The molecule has 0 spiro atoms. The third kappa shape index (κ3) is 2.19. The number of carbonyl (C=O) groups is 1. The molecule has 3 nitrogen and oxygen atoms in total. The van der Waals surface area contributed by atoms with E-state index >= 15 is 0 Å². The summed E-state index contributed by atoms with van der Waals surface area (Å²) >= 11 is 3.15. The van der Waals surface area contributed by atoms with E-state index in [0.29, 0.717) is 15.6 Å². The van der Waals surface area contributed by atoms with Crippen LogP contribution >= 0.6 is 15.9 Å². The van der Waals surface area contributed by atoms with Crippen molar-refractivity contribution < 1.29 is 9.18 Å². The zero-order valence-corrected chi connectivity index (χ0v) is 10.0. The molecule has 0 aliphatic heterocycles. The van der Waals surface area contributed by atoms with Crippen LogP contribution in [0.4, 0.5) is 4.39 Å². The van der Waals surface area contributed by atoms with Crippen LogP contribution in [0, 0.1) is 5.82 Å². The first-order valence-electron chi connectivity index (χ1n) is 4.56. The third-order valence-corrected chi connectivity index (χ3v) is 2.55. The topological polar surface area (TPSA) is 34.9 Å². The van der Waals surface area contributed by atoms with Crippen LogP contribution in [0.5, 0.6) is 0 Å². The van der Waals surface area contributed by atoms with Gasteiger partial charge in [0.15, 0.2) is 5.78 Å². The summed E-state index contributed by atoms with van der Waals surface area (Å²) in [6.45, 7) is 0. The van der Waals surface area contributed by atoms with E-state index in [2.05, 4.69) is 21.0 Å². The summed E-state index contributed by atoms with van der Waals surface area (Å²) in [5.41, 5.74) is 0.750. The van der Waals surface area contributed by atoms with Crippen molar-refractivity contribution in [2.24, 2.45) is 7.05 Å². The number of ketones is 1. The Balaban J connectivity index is 2.41. The highest BCUT2D eigenvalue weighted by Crippen LogP contribution is 2.17. The molecule has 0 unspecified atom stereocenters. The fraction of sp³-hybridized carbons (Fsp3) is 0.0909. The minimum atomic E-state index is -0.443. The van der Waals surface area contributed by atoms with Crippen molar-refractivity contribution in [3.8, 4) is 0 Å². The number of aromatic nitrogens is 2. The van der Waals surface area contributed by atoms with Gasteiger partial charge in [-0.05, 0) is 18.2 Å². The summed E-state index contributed by atoms with van der Waals surface area (Å²) in [7, 11) is 1.72. The second kappa shape index (κ2) is 4.17. The number of aryl methyl sites for hydroxylation is 1. The predicted octanol–water partition coefficient (Wildman–Crippen LogP) is 2.55. The maximum absolute atomic E-state index is 13.1. The van der Waals surface area contributed by atoms with Gasteiger partial charge in [-0.2, -0.15) is 5.10 Å². The molecule has 0 bridgehead atoms. The van der Waals surface area contributed by atoms with Crippen LogP contribution in [0.3, 0.4) is 0 Å². The number of halogens is 2. The molecule has 1 heterocycles. The summed E-state index contributed by atoms with van der Waals surface area (Å²) < 4.78 is 15.2. The number of benzene rings is 1. The third-order valence-electron chi connectivity index (χ3n) is 2.09. The van der Waals surface area contributed by atoms with Crippen molar-refractivity contribution in [3.05, 3.63) is 52.0 Å². The molecule has 0 saturated heterocycles. The van der Waals surface area contributed by atoms with Crippen molar-refractivity contribution >= 4 is 21.7 Å². The van der Waals surface area contributed by atoms with Crippen LogP contribution in [-0.2, 0) is 7.05 Å². The van der Waals surface area contributed by atoms with Gasteiger partial charge in [0.05, 0.1) is 11.8 Å². The van der Waals surface area contributed by atoms with Gasteiger partial charge in [-0.15, -0.1) is 0 Å². The van der Waals surface area contributed by atoms with Crippen molar-refractivity contribution in [2.75, 3.05) is 0 Å². The molecule has 0 N–H and O–H groups in total. The first-order valence-corrected chi connectivity index (χ1v) is 5.35. The molecule has 2 rings (SSSR count). The molecular weight excluding hydrogens is 275 g/mol. The van der Waals surface area contributed by atoms with Gasteiger partial charge in [-0.3, -0.25) is 9.48 Å². The second-order valence-electron chi connectivity index (χ2n) is 3.39. The zero-order valence-electron chi connectivity index (χ0n) is 8.45. The maximum Gasteiger partial charge on any atom is 0.196 e. The molecule has 1 aromatic carbocycles. The van der Waals surface area contributed by atoms with Crippen molar-refractivity contribution in [1.29, 1.82) is 0 Å². The molecule has 82 valence electrons. The van der Waals surface area contributed by atoms with E-state index in [1.165, 1.54) is 23.0 Å². The molecule has 0 radical (unpaired) electrons. The number of carbonyl (C=O) groups excluding carboxylic acids is 1. The summed E-state index contributed by atoms with van der Waals surface area (Å²) in [5.74, 6) is -0.685. The first kappa shape index (κ1) is 11.0. The largest absolute Gasteiger partial charge is 0.288 e. The van der Waals surface area contributed by atoms with Crippen LogP contribution in [0.15, 0.2) is 35.1 Å². The lowest BCUT2D eigenvalue weighted by Crippen LogP contribution is -2.00. The summed E-state index contributed by atoms with van der Waals surface area (Å²) in [5, 5.41) is 3.90. The number of nitrogens with zero attached hydrogens (tertiary/aromatic N) is 2. The average molecular weight is 283 g/mol. The molecule has 0 aliphatic rings. The van der Waals surface area contributed by atoms with E-state index in [1.54, 1.807) is 19.3 Å². The maximum atomic E-state index is 13.1. The number of hydrogen-bond donors (Lipinski definition) is 0. The summed E-state index contributed by atoms with van der Waals surface area (Å²) in [6.07, 6.45) is 3.06. The summed E-state index contributed by atoms with van der Waals surface area (Å²) in [4.78, 5) is 11.9. The highest BCUT2D eigenvalue weighted by atomic mass is 79.9. The predicted molar refractivity (Wildman–Crippen MR) is 60.7 cm³/mol. The number of rotatable bonds is 2. The van der Waals surface area contributed by atoms with E-state index in [9.17, 15) is 9.18 Å². The quantitative estimate of drug-likeness (QED) is 0.794. The van der Waals surface area contributed by atoms with Crippen molar-refractivity contribution in [1.82, 2.24) is 9.78 Å². The minimum absolute atomic E-state index is 0.242. The second-order valence-corrected chi connectivity index (χ2v) is 4.31. The van der Waals surface area contributed by atoms with Crippen LogP contribution in [0.25, 0.3) is 0 Å². The van der Waals surface area contributed by atoms with Gasteiger partial charge in [0.1, 0.15) is 5.82 Å².